The van der Waals surface area contributed by atoms with E-state index in [9.17, 15) is 4.79 Å². The van der Waals surface area contributed by atoms with Crippen LogP contribution in [0.4, 0.5) is 0 Å². The van der Waals surface area contributed by atoms with Crippen molar-refractivity contribution in [3.63, 3.8) is 0 Å². The summed E-state index contributed by atoms with van der Waals surface area (Å²) < 4.78 is 6.01. The van der Waals surface area contributed by atoms with E-state index in [0.717, 1.165) is 6.42 Å². The second kappa shape index (κ2) is 8.02. The molecule has 1 aliphatic rings. The van der Waals surface area contributed by atoms with Crippen LogP contribution < -0.4 is 5.73 Å². The van der Waals surface area contributed by atoms with Gasteiger partial charge < -0.3 is 15.4 Å². The Hall–Kier alpha value is -2.17. The van der Waals surface area contributed by atoms with Crippen LogP contribution in [0, 0.1) is 0 Å². The summed E-state index contributed by atoms with van der Waals surface area (Å²) in [6.07, 6.45) is 0.837. The van der Waals surface area contributed by atoms with Crippen LogP contribution in [0.3, 0.4) is 0 Å². The average Bonchev–Trinajstić information content (AvgIpc) is 2.66. The number of morpholine rings is 1. The number of benzene rings is 2. The molecule has 26 heavy (non-hydrogen) atoms. The molecule has 1 aliphatic heterocycles. The molecule has 1 amide bonds. The number of nitrogens with two attached hydrogens (primary N) is 1. The first kappa shape index (κ1) is 18.6. The smallest absolute Gasteiger partial charge is 0.242 e. The predicted octanol–water partition coefficient (Wildman–Crippen LogP) is 3.17. The number of carbonyl (C=O) groups excluding carboxylic acids is 1. The Morgan fingerprint density at radius 3 is 2.15 bits per heavy atom. The molecule has 1 heterocycles. The van der Waals surface area contributed by atoms with E-state index < -0.39 is 5.54 Å². The molecule has 4 nitrogen and oxygen atoms in total. The van der Waals surface area contributed by atoms with Crippen molar-refractivity contribution in [3.8, 4) is 0 Å². The summed E-state index contributed by atoms with van der Waals surface area (Å²) >= 11 is 0. The summed E-state index contributed by atoms with van der Waals surface area (Å²) in [5, 5.41) is 0. The van der Waals surface area contributed by atoms with Gasteiger partial charge in [0.25, 0.3) is 0 Å². The summed E-state index contributed by atoms with van der Waals surface area (Å²) in [7, 11) is 0. The van der Waals surface area contributed by atoms with Gasteiger partial charge in [0, 0.05) is 19.0 Å². The largest absolute Gasteiger partial charge is 0.375 e. The molecule has 0 aromatic heterocycles. The van der Waals surface area contributed by atoms with Gasteiger partial charge in [0.1, 0.15) is 0 Å². The summed E-state index contributed by atoms with van der Waals surface area (Å²) in [5.74, 6) is 0.227. The zero-order chi connectivity index (χ0) is 18.6. The second-order valence-corrected chi connectivity index (χ2v) is 7.58. The maximum Gasteiger partial charge on any atom is 0.242 e. The van der Waals surface area contributed by atoms with Gasteiger partial charge in [-0.05, 0) is 31.4 Å². The molecule has 0 radical (unpaired) electrons. The summed E-state index contributed by atoms with van der Waals surface area (Å²) in [5.41, 5.74) is 7.70. The number of amides is 1. The Morgan fingerprint density at radius 2 is 1.65 bits per heavy atom. The van der Waals surface area contributed by atoms with Gasteiger partial charge in [0.2, 0.25) is 5.91 Å². The number of rotatable bonds is 5. The molecule has 1 atom stereocenters. The number of hydrogen-bond donors (Lipinski definition) is 1. The van der Waals surface area contributed by atoms with E-state index in [0.29, 0.717) is 19.7 Å². The summed E-state index contributed by atoms with van der Waals surface area (Å²) in [6, 6.07) is 21.0. The van der Waals surface area contributed by atoms with E-state index >= 15 is 0 Å². The van der Waals surface area contributed by atoms with Crippen LogP contribution in [0.25, 0.3) is 0 Å². The Kier molecular flexibility index (Phi) is 5.74. The molecule has 0 aliphatic carbocycles. The third-order valence-corrected chi connectivity index (χ3v) is 4.88. The molecule has 2 N–H and O–H groups in total. The quantitative estimate of drug-likeness (QED) is 0.899. The van der Waals surface area contributed by atoms with E-state index in [1.165, 1.54) is 11.1 Å². The fraction of sp³-hybridized carbons (Fsp3) is 0.409. The van der Waals surface area contributed by atoms with E-state index in [2.05, 4.69) is 48.5 Å². The van der Waals surface area contributed by atoms with Crippen molar-refractivity contribution in [1.29, 1.82) is 0 Å². The lowest BCUT2D eigenvalue weighted by molar-refractivity contribution is -0.143. The van der Waals surface area contributed by atoms with E-state index in [-0.39, 0.29) is 17.9 Å². The van der Waals surface area contributed by atoms with Crippen LogP contribution in [0.1, 0.15) is 37.3 Å². The SMILES string of the molecule is CC(C)(N)C(=O)N1CCO[C@H](CC(c2ccccc2)c2ccccc2)C1. The van der Waals surface area contributed by atoms with Gasteiger partial charge in [-0.1, -0.05) is 60.7 Å². The molecular weight excluding hydrogens is 324 g/mol. The molecule has 138 valence electrons. The Morgan fingerprint density at radius 1 is 1.12 bits per heavy atom. The first-order chi connectivity index (χ1) is 12.4. The number of carbonyl (C=O) groups is 1. The lowest BCUT2D eigenvalue weighted by Crippen LogP contribution is -2.56. The van der Waals surface area contributed by atoms with Crippen molar-refractivity contribution in [1.82, 2.24) is 4.90 Å². The first-order valence-electron chi connectivity index (χ1n) is 9.25. The maximum absolute atomic E-state index is 12.5. The van der Waals surface area contributed by atoms with Crippen LogP contribution in [0.2, 0.25) is 0 Å². The van der Waals surface area contributed by atoms with Crippen LogP contribution in [-0.2, 0) is 9.53 Å². The van der Waals surface area contributed by atoms with Crippen molar-refractivity contribution in [2.24, 2.45) is 5.73 Å². The highest BCUT2D eigenvalue weighted by Crippen LogP contribution is 2.31. The highest BCUT2D eigenvalue weighted by Gasteiger charge is 2.33. The molecule has 0 spiro atoms. The van der Waals surface area contributed by atoms with Crippen molar-refractivity contribution in [2.75, 3.05) is 19.7 Å². The van der Waals surface area contributed by atoms with Crippen molar-refractivity contribution in [2.45, 2.75) is 37.8 Å². The van der Waals surface area contributed by atoms with Gasteiger partial charge in [0.05, 0.1) is 18.2 Å². The standard InChI is InChI=1S/C22H28N2O2/c1-22(2,23)21(25)24-13-14-26-19(16-24)15-20(17-9-5-3-6-10-17)18-11-7-4-8-12-18/h3-12,19-20H,13-16,23H2,1-2H3/t19-/m1/s1. The molecule has 3 rings (SSSR count). The summed E-state index contributed by atoms with van der Waals surface area (Å²) in [6.45, 7) is 5.28. The minimum absolute atomic E-state index is 0.000428. The highest BCUT2D eigenvalue weighted by molar-refractivity contribution is 5.85. The fourth-order valence-corrected chi connectivity index (χ4v) is 3.55. The number of hydrogen-bond acceptors (Lipinski definition) is 3. The minimum Gasteiger partial charge on any atom is -0.375 e. The van der Waals surface area contributed by atoms with Crippen LogP contribution in [-0.4, -0.2) is 42.1 Å². The molecule has 0 unspecified atom stereocenters. The van der Waals surface area contributed by atoms with Gasteiger partial charge >= 0.3 is 0 Å². The molecular formula is C22H28N2O2. The van der Waals surface area contributed by atoms with Crippen molar-refractivity contribution in [3.05, 3.63) is 71.8 Å². The Bertz CT molecular complexity index is 670. The first-order valence-corrected chi connectivity index (χ1v) is 9.25. The monoisotopic (exact) mass is 352 g/mol. The van der Waals surface area contributed by atoms with E-state index in [4.69, 9.17) is 10.5 Å². The van der Waals surface area contributed by atoms with Crippen molar-refractivity contribution >= 4 is 5.91 Å². The van der Waals surface area contributed by atoms with E-state index in [1.54, 1.807) is 13.8 Å². The molecule has 1 fully saturated rings. The van der Waals surface area contributed by atoms with Gasteiger partial charge in [-0.15, -0.1) is 0 Å². The highest BCUT2D eigenvalue weighted by atomic mass is 16.5. The average molecular weight is 352 g/mol. The van der Waals surface area contributed by atoms with Crippen molar-refractivity contribution < 1.29 is 9.53 Å². The molecule has 4 heteroatoms. The lowest BCUT2D eigenvalue weighted by Gasteiger charge is -2.37. The molecule has 0 saturated carbocycles. The molecule has 1 saturated heterocycles. The van der Waals surface area contributed by atoms with E-state index in [1.807, 2.05) is 17.0 Å². The Balaban J connectivity index is 1.78. The Labute approximate surface area is 156 Å². The van der Waals surface area contributed by atoms with Gasteiger partial charge in [-0.3, -0.25) is 4.79 Å². The molecule has 2 aromatic rings. The fourth-order valence-electron chi connectivity index (χ4n) is 3.55. The third kappa shape index (κ3) is 4.51. The zero-order valence-corrected chi connectivity index (χ0v) is 15.6. The zero-order valence-electron chi connectivity index (χ0n) is 15.6. The van der Waals surface area contributed by atoms with Crippen LogP contribution in [0.15, 0.2) is 60.7 Å². The molecule has 0 bridgehead atoms. The topological polar surface area (TPSA) is 55.6 Å². The van der Waals surface area contributed by atoms with Gasteiger partial charge in [-0.2, -0.15) is 0 Å². The normalized spacial score (nSPS) is 18.2. The predicted molar refractivity (Wildman–Crippen MR) is 104 cm³/mol. The molecule has 2 aromatic carbocycles. The lowest BCUT2D eigenvalue weighted by atomic mass is 9.86. The van der Waals surface area contributed by atoms with Gasteiger partial charge in [-0.25, -0.2) is 0 Å². The maximum atomic E-state index is 12.5. The summed E-state index contributed by atoms with van der Waals surface area (Å²) in [4.78, 5) is 14.4. The number of ether oxygens (including phenoxy) is 1. The second-order valence-electron chi connectivity index (χ2n) is 7.58. The minimum atomic E-state index is -0.847. The van der Waals surface area contributed by atoms with Crippen LogP contribution >= 0.6 is 0 Å². The van der Waals surface area contributed by atoms with Crippen LogP contribution in [0.5, 0.6) is 0 Å². The third-order valence-electron chi connectivity index (χ3n) is 4.88. The van der Waals surface area contributed by atoms with Gasteiger partial charge in [0.15, 0.2) is 0 Å². The number of nitrogens with zero attached hydrogens (tertiary/aromatic N) is 1.